The van der Waals surface area contributed by atoms with Gasteiger partial charge in [0.15, 0.2) is 0 Å². The largest absolute Gasteiger partial charge is 0.396 e. The Kier molecular flexibility index (Phi) is 6.34. The quantitative estimate of drug-likeness (QED) is 0.831. The van der Waals surface area contributed by atoms with Gasteiger partial charge < -0.3 is 10.0 Å². The highest BCUT2D eigenvalue weighted by Crippen LogP contribution is 2.34. The van der Waals surface area contributed by atoms with Crippen LogP contribution in [0.2, 0.25) is 0 Å². The molecule has 5 heteroatoms. The third-order valence-electron chi connectivity index (χ3n) is 5.35. The summed E-state index contributed by atoms with van der Waals surface area (Å²) in [6.07, 6.45) is 9.82. The van der Waals surface area contributed by atoms with Crippen molar-refractivity contribution < 1.29 is 9.90 Å². The van der Waals surface area contributed by atoms with E-state index >= 15 is 0 Å². The molecule has 26 heavy (non-hydrogen) atoms. The fourth-order valence-corrected chi connectivity index (χ4v) is 3.74. The minimum Gasteiger partial charge on any atom is -0.396 e. The first-order chi connectivity index (χ1) is 12.7. The van der Waals surface area contributed by atoms with Crippen LogP contribution in [0.3, 0.4) is 0 Å². The Morgan fingerprint density at radius 2 is 2.04 bits per heavy atom. The first-order valence-corrected chi connectivity index (χ1v) is 9.38. The van der Waals surface area contributed by atoms with Crippen LogP contribution in [-0.4, -0.2) is 45.6 Å². The van der Waals surface area contributed by atoms with Gasteiger partial charge in [0.25, 0.3) is 0 Å². The van der Waals surface area contributed by atoms with Crippen molar-refractivity contribution in [1.29, 1.82) is 0 Å². The number of rotatable bonds is 7. The summed E-state index contributed by atoms with van der Waals surface area (Å²) in [4.78, 5) is 22.9. The second-order valence-corrected chi connectivity index (χ2v) is 7.26. The topological polar surface area (TPSA) is 66.3 Å². The lowest BCUT2D eigenvalue weighted by atomic mass is 9.76. The van der Waals surface area contributed by atoms with Crippen LogP contribution in [0.4, 0.5) is 0 Å². The van der Waals surface area contributed by atoms with E-state index in [9.17, 15) is 9.90 Å². The molecular formula is C21H27N3O2. The van der Waals surface area contributed by atoms with E-state index in [-0.39, 0.29) is 17.9 Å². The number of carbonyl (C=O) groups is 1. The summed E-state index contributed by atoms with van der Waals surface area (Å²) < 4.78 is 0. The van der Waals surface area contributed by atoms with Crippen molar-refractivity contribution in [3.8, 4) is 0 Å². The van der Waals surface area contributed by atoms with E-state index in [1.807, 2.05) is 23.1 Å². The number of hydrogen-bond acceptors (Lipinski definition) is 4. The summed E-state index contributed by atoms with van der Waals surface area (Å²) in [6, 6.07) is 10.4. The molecule has 1 fully saturated rings. The lowest BCUT2D eigenvalue weighted by Gasteiger charge is -2.42. The summed E-state index contributed by atoms with van der Waals surface area (Å²) in [5.74, 6) is 0.146. The van der Waals surface area contributed by atoms with Gasteiger partial charge >= 0.3 is 0 Å². The first-order valence-electron chi connectivity index (χ1n) is 9.38. The van der Waals surface area contributed by atoms with Gasteiger partial charge in [-0.05, 0) is 37.7 Å². The number of piperidine rings is 1. The molecule has 0 saturated carbocycles. The van der Waals surface area contributed by atoms with Gasteiger partial charge in [-0.25, -0.2) is 0 Å². The Morgan fingerprint density at radius 1 is 1.19 bits per heavy atom. The van der Waals surface area contributed by atoms with Crippen molar-refractivity contribution in [2.75, 3.05) is 19.7 Å². The second-order valence-electron chi connectivity index (χ2n) is 7.26. The smallest absolute Gasteiger partial charge is 0.222 e. The Morgan fingerprint density at radius 3 is 2.77 bits per heavy atom. The summed E-state index contributed by atoms with van der Waals surface area (Å²) >= 11 is 0. The maximum absolute atomic E-state index is 12.6. The summed E-state index contributed by atoms with van der Waals surface area (Å²) in [7, 11) is 0. The molecule has 0 spiro atoms. The fraction of sp³-hybridized carbons (Fsp3) is 0.476. The molecule has 2 aromatic rings. The Balaban J connectivity index is 1.56. The number of aromatic nitrogens is 2. The van der Waals surface area contributed by atoms with E-state index in [0.29, 0.717) is 19.4 Å². The molecule has 138 valence electrons. The normalized spacial score (nSPS) is 20.1. The standard InChI is InChI=1S/C21H27N3O2/c25-17-21(11-9-18-5-2-1-3-6-18)10-4-14-24(16-21)20(26)8-7-19-15-22-12-13-23-19/h1-3,5-6,12-13,15,25H,4,7-11,14,16-17H2/t21-/m1/s1. The van der Waals surface area contributed by atoms with E-state index in [1.165, 1.54) is 5.56 Å². The van der Waals surface area contributed by atoms with E-state index < -0.39 is 0 Å². The molecule has 0 bridgehead atoms. The van der Waals surface area contributed by atoms with Gasteiger partial charge in [-0.1, -0.05) is 30.3 Å². The van der Waals surface area contributed by atoms with Crippen LogP contribution >= 0.6 is 0 Å². The molecule has 3 rings (SSSR count). The highest BCUT2D eigenvalue weighted by atomic mass is 16.3. The molecule has 1 aromatic carbocycles. The highest BCUT2D eigenvalue weighted by molar-refractivity contribution is 5.76. The van der Waals surface area contributed by atoms with Gasteiger partial charge in [0.2, 0.25) is 5.91 Å². The number of aliphatic hydroxyl groups is 1. The van der Waals surface area contributed by atoms with Crippen molar-refractivity contribution in [2.24, 2.45) is 5.41 Å². The van der Waals surface area contributed by atoms with Crippen molar-refractivity contribution in [1.82, 2.24) is 14.9 Å². The molecule has 1 N–H and O–H groups in total. The van der Waals surface area contributed by atoms with Crippen LogP contribution in [0.25, 0.3) is 0 Å². The van der Waals surface area contributed by atoms with Gasteiger partial charge in [-0.2, -0.15) is 0 Å². The van der Waals surface area contributed by atoms with Gasteiger partial charge in [0.1, 0.15) is 0 Å². The second kappa shape index (κ2) is 8.90. The van der Waals surface area contributed by atoms with Crippen molar-refractivity contribution in [3.63, 3.8) is 0 Å². The lowest BCUT2D eigenvalue weighted by molar-refractivity contribution is -0.135. The maximum Gasteiger partial charge on any atom is 0.222 e. The zero-order valence-electron chi connectivity index (χ0n) is 15.2. The fourth-order valence-electron chi connectivity index (χ4n) is 3.74. The Hall–Kier alpha value is -2.27. The van der Waals surface area contributed by atoms with Crippen LogP contribution in [0.1, 0.15) is 36.9 Å². The first kappa shape index (κ1) is 18.5. The molecule has 0 radical (unpaired) electrons. The number of nitrogens with zero attached hydrogens (tertiary/aromatic N) is 3. The zero-order valence-corrected chi connectivity index (χ0v) is 15.2. The lowest BCUT2D eigenvalue weighted by Crippen LogP contribution is -2.48. The van der Waals surface area contributed by atoms with E-state index in [0.717, 1.165) is 37.9 Å². The van der Waals surface area contributed by atoms with Crippen molar-refractivity contribution in [3.05, 3.63) is 60.2 Å². The minimum atomic E-state index is -0.184. The van der Waals surface area contributed by atoms with Gasteiger partial charge in [0.05, 0.1) is 12.3 Å². The maximum atomic E-state index is 12.6. The predicted molar refractivity (Wildman–Crippen MR) is 100 cm³/mol. The third-order valence-corrected chi connectivity index (χ3v) is 5.35. The van der Waals surface area contributed by atoms with E-state index in [1.54, 1.807) is 18.6 Å². The SMILES string of the molecule is O=C(CCc1cnccn1)N1CCC[C@@](CO)(CCc2ccccc2)C1. The molecular weight excluding hydrogens is 326 g/mol. The Labute approximate surface area is 155 Å². The van der Waals surface area contributed by atoms with E-state index in [4.69, 9.17) is 0 Å². The summed E-state index contributed by atoms with van der Waals surface area (Å²) in [6.45, 7) is 1.57. The monoisotopic (exact) mass is 353 g/mol. The van der Waals surface area contributed by atoms with Crippen LogP contribution < -0.4 is 0 Å². The molecule has 1 amide bonds. The molecule has 1 atom stereocenters. The Bertz CT molecular complexity index is 693. The number of aryl methyl sites for hydroxylation is 2. The molecule has 0 aliphatic carbocycles. The number of carbonyl (C=O) groups excluding carboxylic acids is 1. The molecule has 0 unspecified atom stereocenters. The number of likely N-dealkylation sites (tertiary alicyclic amines) is 1. The molecule has 1 aromatic heterocycles. The minimum absolute atomic E-state index is 0.133. The number of amides is 1. The predicted octanol–water partition coefficient (Wildman–Crippen LogP) is 2.64. The third kappa shape index (κ3) is 4.88. The average Bonchev–Trinajstić information content (AvgIpc) is 2.72. The highest BCUT2D eigenvalue weighted by Gasteiger charge is 2.36. The van der Waals surface area contributed by atoms with Crippen LogP contribution in [-0.2, 0) is 17.6 Å². The zero-order chi connectivity index (χ0) is 18.2. The van der Waals surface area contributed by atoms with Gasteiger partial charge in [0, 0.05) is 43.5 Å². The van der Waals surface area contributed by atoms with Gasteiger partial charge in [-0.15, -0.1) is 0 Å². The molecule has 1 aliphatic rings. The molecule has 2 heterocycles. The summed E-state index contributed by atoms with van der Waals surface area (Å²) in [5, 5.41) is 10.1. The van der Waals surface area contributed by atoms with Crippen LogP contribution in [0, 0.1) is 5.41 Å². The number of benzene rings is 1. The number of hydrogen-bond donors (Lipinski definition) is 1. The molecule has 1 saturated heterocycles. The van der Waals surface area contributed by atoms with Crippen molar-refractivity contribution >= 4 is 5.91 Å². The molecule has 5 nitrogen and oxygen atoms in total. The average molecular weight is 353 g/mol. The van der Waals surface area contributed by atoms with E-state index in [2.05, 4.69) is 22.1 Å². The summed E-state index contributed by atoms with van der Waals surface area (Å²) in [5.41, 5.74) is 1.94. The number of aliphatic hydroxyl groups excluding tert-OH is 1. The molecule has 1 aliphatic heterocycles. The van der Waals surface area contributed by atoms with Crippen LogP contribution in [0.15, 0.2) is 48.9 Å². The van der Waals surface area contributed by atoms with Crippen molar-refractivity contribution in [2.45, 2.75) is 38.5 Å². The van der Waals surface area contributed by atoms with Crippen LogP contribution in [0.5, 0.6) is 0 Å². The van der Waals surface area contributed by atoms with Gasteiger partial charge in [-0.3, -0.25) is 14.8 Å².